The molecule has 0 aliphatic carbocycles. The molecule has 3 fully saturated rings. The van der Waals surface area contributed by atoms with Crippen LogP contribution in [-0.2, 0) is 11.3 Å². The minimum atomic E-state index is -0.0626. The fourth-order valence-electron chi connectivity index (χ4n) is 4.98. The SMILES string of the molecule is Fc1ccccc1CN1CCC[C@@]2(CCN(C3CCOCC3)C2)C1. The van der Waals surface area contributed by atoms with Crippen LogP contribution in [-0.4, -0.2) is 55.2 Å². The van der Waals surface area contributed by atoms with Gasteiger partial charge in [0.25, 0.3) is 0 Å². The maximum absolute atomic E-state index is 14.0. The number of hydrogen-bond acceptors (Lipinski definition) is 3. The zero-order valence-corrected chi connectivity index (χ0v) is 14.6. The van der Waals surface area contributed by atoms with Crippen LogP contribution in [0.5, 0.6) is 0 Å². The van der Waals surface area contributed by atoms with E-state index in [0.717, 1.165) is 44.5 Å². The van der Waals surface area contributed by atoms with Gasteiger partial charge >= 0.3 is 0 Å². The number of halogens is 1. The number of nitrogens with zero attached hydrogens (tertiary/aromatic N) is 2. The molecule has 0 unspecified atom stereocenters. The Labute approximate surface area is 144 Å². The Balaban J connectivity index is 1.38. The van der Waals surface area contributed by atoms with Crippen LogP contribution >= 0.6 is 0 Å². The van der Waals surface area contributed by atoms with Gasteiger partial charge in [-0.2, -0.15) is 0 Å². The molecule has 3 saturated heterocycles. The number of likely N-dealkylation sites (tertiary alicyclic amines) is 2. The van der Waals surface area contributed by atoms with E-state index in [1.165, 1.54) is 45.2 Å². The average Bonchev–Trinajstić information content (AvgIpc) is 3.01. The van der Waals surface area contributed by atoms with Gasteiger partial charge in [0.15, 0.2) is 0 Å². The van der Waals surface area contributed by atoms with Gasteiger partial charge in [0.1, 0.15) is 5.82 Å². The predicted molar refractivity (Wildman–Crippen MR) is 93.4 cm³/mol. The van der Waals surface area contributed by atoms with Crippen molar-refractivity contribution in [3.8, 4) is 0 Å². The lowest BCUT2D eigenvalue weighted by Gasteiger charge is -2.41. The number of hydrogen-bond donors (Lipinski definition) is 0. The van der Waals surface area contributed by atoms with E-state index in [9.17, 15) is 4.39 Å². The van der Waals surface area contributed by atoms with Gasteiger partial charge in [-0.15, -0.1) is 0 Å². The summed E-state index contributed by atoms with van der Waals surface area (Å²) in [7, 11) is 0. The standard InChI is InChI=1S/C20H29FN2O/c21-19-5-2-1-4-17(19)14-22-10-3-8-20(15-22)9-11-23(16-20)18-6-12-24-13-7-18/h1-2,4-5,18H,3,6-16H2/t20-/m1/s1. The summed E-state index contributed by atoms with van der Waals surface area (Å²) in [6, 6.07) is 7.96. The van der Waals surface area contributed by atoms with E-state index in [1.807, 2.05) is 12.1 Å². The van der Waals surface area contributed by atoms with Gasteiger partial charge < -0.3 is 4.74 Å². The first kappa shape index (κ1) is 16.5. The van der Waals surface area contributed by atoms with Crippen molar-refractivity contribution >= 4 is 0 Å². The second kappa shape index (κ2) is 7.11. The molecule has 0 bridgehead atoms. The minimum Gasteiger partial charge on any atom is -0.381 e. The summed E-state index contributed by atoms with van der Waals surface area (Å²) in [6.07, 6.45) is 6.26. The average molecular weight is 332 g/mol. The topological polar surface area (TPSA) is 15.7 Å². The fraction of sp³-hybridized carbons (Fsp3) is 0.700. The molecule has 4 heteroatoms. The van der Waals surface area contributed by atoms with Gasteiger partial charge in [0.2, 0.25) is 0 Å². The van der Waals surface area contributed by atoms with E-state index < -0.39 is 0 Å². The lowest BCUT2D eigenvalue weighted by molar-refractivity contribution is 0.0301. The Hall–Kier alpha value is -0.970. The largest absolute Gasteiger partial charge is 0.381 e. The zero-order chi connectivity index (χ0) is 16.4. The molecule has 1 aromatic rings. The molecule has 4 rings (SSSR count). The molecule has 0 saturated carbocycles. The molecule has 3 aliphatic heterocycles. The first-order valence-electron chi connectivity index (χ1n) is 9.52. The van der Waals surface area contributed by atoms with E-state index >= 15 is 0 Å². The molecular weight excluding hydrogens is 303 g/mol. The first-order chi connectivity index (χ1) is 11.7. The second-order valence-corrected chi connectivity index (χ2v) is 7.97. The highest BCUT2D eigenvalue weighted by Gasteiger charge is 2.43. The van der Waals surface area contributed by atoms with Gasteiger partial charge in [-0.25, -0.2) is 4.39 Å². The molecule has 1 aromatic carbocycles. The maximum Gasteiger partial charge on any atom is 0.127 e. The molecular formula is C20H29FN2O. The summed E-state index contributed by atoms with van der Waals surface area (Å²) >= 11 is 0. The second-order valence-electron chi connectivity index (χ2n) is 7.97. The molecule has 3 nitrogen and oxygen atoms in total. The normalized spacial score (nSPS) is 30.2. The lowest BCUT2D eigenvalue weighted by atomic mass is 9.79. The van der Waals surface area contributed by atoms with E-state index in [2.05, 4.69) is 9.80 Å². The molecule has 132 valence electrons. The third-order valence-electron chi connectivity index (χ3n) is 6.27. The smallest absolute Gasteiger partial charge is 0.127 e. The quantitative estimate of drug-likeness (QED) is 0.845. The van der Waals surface area contributed by atoms with Crippen LogP contribution in [0.2, 0.25) is 0 Å². The highest BCUT2D eigenvalue weighted by molar-refractivity contribution is 5.17. The van der Waals surface area contributed by atoms with Crippen molar-refractivity contribution in [2.45, 2.75) is 44.7 Å². The van der Waals surface area contributed by atoms with Crippen molar-refractivity contribution in [2.75, 3.05) is 39.4 Å². The zero-order valence-electron chi connectivity index (χ0n) is 14.6. The monoisotopic (exact) mass is 332 g/mol. The van der Waals surface area contributed by atoms with Gasteiger partial charge in [0.05, 0.1) is 0 Å². The van der Waals surface area contributed by atoms with E-state index in [4.69, 9.17) is 4.74 Å². The fourth-order valence-corrected chi connectivity index (χ4v) is 4.98. The summed E-state index contributed by atoms with van der Waals surface area (Å²) < 4.78 is 19.5. The molecule has 0 N–H and O–H groups in total. The Bertz CT molecular complexity index is 560. The summed E-state index contributed by atoms with van der Waals surface area (Å²) in [5.41, 5.74) is 1.27. The van der Waals surface area contributed by atoms with E-state index in [1.54, 1.807) is 12.1 Å². The van der Waals surface area contributed by atoms with E-state index in [-0.39, 0.29) is 5.82 Å². The van der Waals surface area contributed by atoms with Crippen LogP contribution in [0.15, 0.2) is 24.3 Å². The van der Waals surface area contributed by atoms with Crippen molar-refractivity contribution < 1.29 is 9.13 Å². The van der Waals surface area contributed by atoms with Crippen molar-refractivity contribution in [3.63, 3.8) is 0 Å². The van der Waals surface area contributed by atoms with Crippen LogP contribution in [0.3, 0.4) is 0 Å². The Morgan fingerprint density at radius 3 is 2.75 bits per heavy atom. The highest BCUT2D eigenvalue weighted by atomic mass is 19.1. The summed E-state index contributed by atoms with van der Waals surface area (Å²) in [5.74, 6) is -0.0626. The third-order valence-corrected chi connectivity index (χ3v) is 6.27. The molecule has 0 radical (unpaired) electrons. The lowest BCUT2D eigenvalue weighted by Crippen LogP contribution is -2.46. The van der Waals surface area contributed by atoms with Crippen molar-refractivity contribution in [1.82, 2.24) is 9.80 Å². The first-order valence-corrected chi connectivity index (χ1v) is 9.52. The molecule has 0 amide bonds. The molecule has 1 atom stereocenters. The van der Waals surface area contributed by atoms with Crippen LogP contribution in [0, 0.1) is 11.2 Å². The van der Waals surface area contributed by atoms with Crippen LogP contribution in [0.25, 0.3) is 0 Å². The van der Waals surface area contributed by atoms with Gasteiger partial charge in [-0.05, 0) is 56.7 Å². The summed E-state index contributed by atoms with van der Waals surface area (Å²) in [4.78, 5) is 5.20. The Kier molecular flexibility index (Phi) is 4.88. The minimum absolute atomic E-state index is 0.0626. The molecule has 1 spiro atoms. The Morgan fingerprint density at radius 1 is 1.08 bits per heavy atom. The highest BCUT2D eigenvalue weighted by Crippen LogP contribution is 2.41. The van der Waals surface area contributed by atoms with Crippen molar-refractivity contribution in [3.05, 3.63) is 35.6 Å². The predicted octanol–water partition coefficient (Wildman–Crippen LogP) is 3.29. The summed E-state index contributed by atoms with van der Waals surface area (Å²) in [6.45, 7) is 7.30. The van der Waals surface area contributed by atoms with Crippen LogP contribution in [0.4, 0.5) is 4.39 Å². The molecule has 3 aliphatic rings. The molecule has 24 heavy (non-hydrogen) atoms. The maximum atomic E-state index is 14.0. The number of benzene rings is 1. The van der Waals surface area contributed by atoms with Gasteiger partial charge in [-0.3, -0.25) is 9.80 Å². The third kappa shape index (κ3) is 3.51. The van der Waals surface area contributed by atoms with Gasteiger partial charge in [0, 0.05) is 44.5 Å². The van der Waals surface area contributed by atoms with Crippen LogP contribution in [0.1, 0.15) is 37.7 Å². The van der Waals surface area contributed by atoms with Crippen LogP contribution < -0.4 is 0 Å². The van der Waals surface area contributed by atoms with Crippen molar-refractivity contribution in [2.24, 2.45) is 5.41 Å². The molecule has 3 heterocycles. The van der Waals surface area contributed by atoms with E-state index in [0.29, 0.717) is 5.41 Å². The number of piperidine rings is 1. The summed E-state index contributed by atoms with van der Waals surface area (Å²) in [5, 5.41) is 0. The Morgan fingerprint density at radius 2 is 1.92 bits per heavy atom. The van der Waals surface area contributed by atoms with Gasteiger partial charge in [-0.1, -0.05) is 18.2 Å². The van der Waals surface area contributed by atoms with Crippen molar-refractivity contribution in [1.29, 1.82) is 0 Å². The number of rotatable bonds is 3. The number of ether oxygens (including phenoxy) is 1. The molecule has 0 aromatic heterocycles.